The predicted molar refractivity (Wildman–Crippen MR) is 112 cm³/mol. The van der Waals surface area contributed by atoms with E-state index in [0.717, 1.165) is 18.0 Å². The number of rotatable bonds is 5. The number of piperidine rings is 1. The quantitative estimate of drug-likeness (QED) is 0.807. The second-order valence-corrected chi connectivity index (χ2v) is 8.23. The normalized spacial score (nSPS) is 18.9. The van der Waals surface area contributed by atoms with Gasteiger partial charge in [-0.05, 0) is 74.9 Å². The molecule has 0 saturated carbocycles. The lowest BCUT2D eigenvalue weighted by Gasteiger charge is -2.30. The number of carbonyl (C=O) groups is 1. The molecule has 3 rings (SSSR count). The molecule has 144 valence electrons. The summed E-state index contributed by atoms with van der Waals surface area (Å²) in [5, 5.41) is 3.14. The van der Waals surface area contributed by atoms with Crippen molar-refractivity contribution in [3.63, 3.8) is 0 Å². The van der Waals surface area contributed by atoms with E-state index in [1.165, 1.54) is 48.2 Å². The van der Waals surface area contributed by atoms with Crippen LogP contribution in [0.5, 0.6) is 0 Å². The molecule has 1 N–H and O–H groups in total. The van der Waals surface area contributed by atoms with Crippen molar-refractivity contribution in [2.24, 2.45) is 5.92 Å². The van der Waals surface area contributed by atoms with Gasteiger partial charge in [-0.3, -0.25) is 9.69 Å². The van der Waals surface area contributed by atoms with Crippen LogP contribution in [0.3, 0.4) is 0 Å². The Morgan fingerprint density at radius 3 is 2.63 bits per heavy atom. The van der Waals surface area contributed by atoms with Crippen LogP contribution in [0.1, 0.15) is 65.3 Å². The zero-order valence-electron chi connectivity index (χ0n) is 17.1. The minimum atomic E-state index is -0.0125. The molecule has 27 heavy (non-hydrogen) atoms. The van der Waals surface area contributed by atoms with E-state index in [9.17, 15) is 4.79 Å². The van der Waals surface area contributed by atoms with E-state index >= 15 is 0 Å². The van der Waals surface area contributed by atoms with Gasteiger partial charge in [-0.1, -0.05) is 42.8 Å². The third-order valence-electron chi connectivity index (χ3n) is 5.61. The molecule has 0 aliphatic carbocycles. The number of benzene rings is 2. The van der Waals surface area contributed by atoms with E-state index in [0.29, 0.717) is 0 Å². The zero-order valence-corrected chi connectivity index (χ0v) is 17.1. The summed E-state index contributed by atoms with van der Waals surface area (Å²) in [5.74, 6) is 0.775. The Morgan fingerprint density at radius 2 is 1.93 bits per heavy atom. The molecule has 0 radical (unpaired) electrons. The number of hydrogen-bond acceptors (Lipinski definition) is 2. The number of hydrogen-bond donors (Lipinski definition) is 1. The first-order chi connectivity index (χ1) is 12.9. The highest BCUT2D eigenvalue weighted by atomic mass is 16.1. The molecule has 1 amide bonds. The van der Waals surface area contributed by atoms with Gasteiger partial charge in [0, 0.05) is 18.7 Å². The zero-order chi connectivity index (χ0) is 19.4. The molecule has 2 atom stereocenters. The van der Waals surface area contributed by atoms with Gasteiger partial charge in [0.15, 0.2) is 0 Å². The third-order valence-corrected chi connectivity index (χ3v) is 5.61. The molecule has 1 heterocycles. The van der Waals surface area contributed by atoms with Crippen LogP contribution in [0.15, 0.2) is 42.5 Å². The van der Waals surface area contributed by atoms with Crippen LogP contribution in [0.2, 0.25) is 0 Å². The summed E-state index contributed by atoms with van der Waals surface area (Å²) in [6.07, 6.45) is 2.63. The molecule has 3 heteroatoms. The van der Waals surface area contributed by atoms with Crippen molar-refractivity contribution in [1.82, 2.24) is 10.2 Å². The first-order valence-electron chi connectivity index (χ1n) is 10.1. The van der Waals surface area contributed by atoms with Crippen molar-refractivity contribution >= 4 is 5.91 Å². The Morgan fingerprint density at radius 1 is 1.19 bits per heavy atom. The van der Waals surface area contributed by atoms with Crippen molar-refractivity contribution < 1.29 is 4.79 Å². The monoisotopic (exact) mass is 364 g/mol. The molecule has 1 fully saturated rings. The predicted octanol–water partition coefficient (Wildman–Crippen LogP) is 5.03. The molecule has 3 nitrogen and oxygen atoms in total. The summed E-state index contributed by atoms with van der Waals surface area (Å²) in [6.45, 7) is 11.9. The highest BCUT2D eigenvalue weighted by Gasteiger charge is 2.17. The minimum absolute atomic E-state index is 0.00749. The highest BCUT2D eigenvalue weighted by Crippen LogP contribution is 2.20. The fraction of sp³-hybridized carbons (Fsp3) is 0.458. The standard InChI is InChI=1S/C24H32N2O/c1-17-7-8-19(3)23(14-17)20(4)25-24(27)22-11-9-21(10-12-22)16-26-13-5-6-18(2)15-26/h7-12,14,18,20H,5-6,13,15-16H2,1-4H3,(H,25,27). The van der Waals surface area contributed by atoms with Gasteiger partial charge in [-0.2, -0.15) is 0 Å². The lowest BCUT2D eigenvalue weighted by atomic mass is 9.99. The fourth-order valence-electron chi connectivity index (χ4n) is 4.03. The van der Waals surface area contributed by atoms with Crippen LogP contribution in [-0.2, 0) is 6.54 Å². The summed E-state index contributed by atoms with van der Waals surface area (Å²) < 4.78 is 0. The summed E-state index contributed by atoms with van der Waals surface area (Å²) in [5.41, 5.74) is 5.61. The van der Waals surface area contributed by atoms with Crippen molar-refractivity contribution in [3.8, 4) is 0 Å². The van der Waals surface area contributed by atoms with Crippen LogP contribution < -0.4 is 5.32 Å². The van der Waals surface area contributed by atoms with Gasteiger partial charge in [0.2, 0.25) is 0 Å². The molecule has 1 saturated heterocycles. The van der Waals surface area contributed by atoms with Crippen LogP contribution in [0.4, 0.5) is 0 Å². The first-order valence-corrected chi connectivity index (χ1v) is 10.1. The SMILES string of the molecule is Cc1ccc(C)c(C(C)NC(=O)c2ccc(CN3CCCC(C)C3)cc2)c1. The van der Waals surface area contributed by atoms with Crippen molar-refractivity contribution in [3.05, 3.63) is 70.3 Å². The molecule has 1 aliphatic heterocycles. The molecule has 0 aromatic heterocycles. The lowest BCUT2D eigenvalue weighted by Crippen LogP contribution is -2.33. The highest BCUT2D eigenvalue weighted by molar-refractivity contribution is 5.94. The molecular formula is C24H32N2O. The average Bonchev–Trinajstić information content (AvgIpc) is 2.64. The van der Waals surface area contributed by atoms with E-state index in [1.54, 1.807) is 0 Å². The topological polar surface area (TPSA) is 32.3 Å². The molecule has 0 spiro atoms. The Hall–Kier alpha value is -2.13. The molecule has 2 unspecified atom stereocenters. The maximum atomic E-state index is 12.6. The number of likely N-dealkylation sites (tertiary alicyclic amines) is 1. The number of aryl methyl sites for hydroxylation is 2. The van der Waals surface area contributed by atoms with Gasteiger partial charge in [0.25, 0.3) is 5.91 Å². The maximum absolute atomic E-state index is 12.6. The van der Waals surface area contributed by atoms with E-state index in [1.807, 2.05) is 19.1 Å². The van der Waals surface area contributed by atoms with Gasteiger partial charge in [-0.15, -0.1) is 0 Å². The van der Waals surface area contributed by atoms with Gasteiger partial charge in [0.1, 0.15) is 0 Å². The first kappa shape index (κ1) is 19.6. The maximum Gasteiger partial charge on any atom is 0.251 e. The van der Waals surface area contributed by atoms with Crippen molar-refractivity contribution in [2.45, 2.75) is 53.1 Å². The van der Waals surface area contributed by atoms with E-state index in [4.69, 9.17) is 0 Å². The molecule has 2 aromatic carbocycles. The number of nitrogens with zero attached hydrogens (tertiary/aromatic N) is 1. The van der Waals surface area contributed by atoms with E-state index in [2.05, 4.69) is 61.3 Å². The Kier molecular flexibility index (Phi) is 6.33. The Labute approximate surface area is 163 Å². The Balaban J connectivity index is 1.61. The average molecular weight is 365 g/mol. The number of carbonyl (C=O) groups excluding carboxylic acids is 1. The molecule has 2 aromatic rings. The second-order valence-electron chi connectivity index (χ2n) is 8.23. The number of nitrogens with one attached hydrogen (secondary N) is 1. The molecule has 0 bridgehead atoms. The Bertz CT molecular complexity index is 781. The van der Waals surface area contributed by atoms with Crippen LogP contribution >= 0.6 is 0 Å². The van der Waals surface area contributed by atoms with Crippen LogP contribution in [0.25, 0.3) is 0 Å². The third kappa shape index (κ3) is 5.20. The fourth-order valence-corrected chi connectivity index (χ4v) is 4.03. The van der Waals surface area contributed by atoms with Gasteiger partial charge >= 0.3 is 0 Å². The van der Waals surface area contributed by atoms with Gasteiger partial charge in [0.05, 0.1) is 6.04 Å². The minimum Gasteiger partial charge on any atom is -0.346 e. The van der Waals surface area contributed by atoms with Gasteiger partial charge < -0.3 is 5.32 Å². The summed E-state index contributed by atoms with van der Waals surface area (Å²) in [6, 6.07) is 14.5. The van der Waals surface area contributed by atoms with Crippen LogP contribution in [-0.4, -0.2) is 23.9 Å². The van der Waals surface area contributed by atoms with E-state index < -0.39 is 0 Å². The number of amides is 1. The van der Waals surface area contributed by atoms with Crippen molar-refractivity contribution in [1.29, 1.82) is 0 Å². The lowest BCUT2D eigenvalue weighted by molar-refractivity contribution is 0.0940. The second kappa shape index (κ2) is 8.71. The van der Waals surface area contributed by atoms with Crippen LogP contribution in [0, 0.1) is 19.8 Å². The van der Waals surface area contributed by atoms with Crippen molar-refractivity contribution in [2.75, 3.05) is 13.1 Å². The van der Waals surface area contributed by atoms with Gasteiger partial charge in [-0.25, -0.2) is 0 Å². The summed E-state index contributed by atoms with van der Waals surface area (Å²) in [7, 11) is 0. The molecular weight excluding hydrogens is 332 g/mol. The summed E-state index contributed by atoms with van der Waals surface area (Å²) in [4.78, 5) is 15.2. The molecule has 1 aliphatic rings. The van der Waals surface area contributed by atoms with E-state index in [-0.39, 0.29) is 11.9 Å². The summed E-state index contributed by atoms with van der Waals surface area (Å²) >= 11 is 0. The smallest absolute Gasteiger partial charge is 0.251 e. The largest absolute Gasteiger partial charge is 0.346 e.